The Morgan fingerprint density at radius 1 is 0.889 bits per heavy atom. The van der Waals surface area contributed by atoms with Crippen molar-refractivity contribution in [1.29, 1.82) is 0 Å². The Labute approximate surface area is 277 Å². The average Bonchev–Trinajstić information content (AvgIpc) is 2.89. The van der Waals surface area contributed by atoms with Gasteiger partial charge in [-0.2, -0.15) is 26.3 Å². The molecule has 14 heteroatoms. The van der Waals surface area contributed by atoms with Crippen LogP contribution >= 0.6 is 37.2 Å². The number of rotatable bonds is 7. The third kappa shape index (κ3) is 10.7. The van der Waals surface area contributed by atoms with Crippen molar-refractivity contribution in [2.45, 2.75) is 57.5 Å². The smallest absolute Gasteiger partial charge is 0.333 e. The molecule has 2 atom stereocenters. The Kier molecular flexibility index (Phi) is 14.2. The number of piperazine rings is 1. The van der Waals surface area contributed by atoms with Crippen LogP contribution in [0.3, 0.4) is 0 Å². The van der Waals surface area contributed by atoms with E-state index in [9.17, 15) is 31.1 Å². The molecular formula is C31H37Cl3F6N4O. The standard InChI is InChI=1S/C31H34F6N4O.3ClH/c1-20-6-7-22(11-21(20)2)12-27-18-40(19-29(3,38)16-23-5-4-8-39-17-23)9-10-41(27)28(42)24-13-25(30(32,33)34)15-26(14-24)31(35,36)37;;;/h4-8,11,13-15,17,27H,9-10,12,16,18-19,38H2,1-3H3;3*1H. The zero-order valence-electron chi connectivity index (χ0n) is 24.9. The molecule has 4 rings (SSSR count). The molecule has 1 aliphatic heterocycles. The Bertz CT molecular complexity index is 1390. The molecule has 1 fully saturated rings. The highest BCUT2D eigenvalue weighted by molar-refractivity contribution is 5.95. The summed E-state index contributed by atoms with van der Waals surface area (Å²) in [4.78, 5) is 21.3. The van der Waals surface area contributed by atoms with Gasteiger partial charge in [-0.05, 0) is 80.1 Å². The summed E-state index contributed by atoms with van der Waals surface area (Å²) in [5, 5.41) is 0. The summed E-state index contributed by atoms with van der Waals surface area (Å²) >= 11 is 0. The Morgan fingerprint density at radius 3 is 2.04 bits per heavy atom. The summed E-state index contributed by atoms with van der Waals surface area (Å²) in [7, 11) is 0. The SMILES string of the molecule is Cc1ccc(CC2CN(CC(C)(N)Cc3cccnc3)CCN2C(=O)c2cc(C(F)(F)F)cc(C(F)(F)F)c2)cc1C.Cl.Cl.Cl. The first-order chi connectivity index (χ1) is 19.5. The maximum absolute atomic E-state index is 13.7. The van der Waals surface area contributed by atoms with E-state index in [1.807, 2.05) is 51.1 Å². The van der Waals surface area contributed by atoms with Gasteiger partial charge in [-0.25, -0.2) is 0 Å². The monoisotopic (exact) mass is 700 g/mol. The lowest BCUT2D eigenvalue weighted by molar-refractivity contribution is -0.143. The minimum Gasteiger partial charge on any atom is -0.333 e. The highest BCUT2D eigenvalue weighted by Crippen LogP contribution is 2.37. The third-order valence-electron chi connectivity index (χ3n) is 7.62. The fraction of sp³-hybridized carbons (Fsp3) is 0.419. The van der Waals surface area contributed by atoms with Crippen molar-refractivity contribution >= 4 is 43.1 Å². The van der Waals surface area contributed by atoms with Crippen molar-refractivity contribution in [2.75, 3.05) is 26.2 Å². The summed E-state index contributed by atoms with van der Waals surface area (Å²) in [5.41, 5.74) is 6.32. The number of carbonyl (C=O) groups is 1. The fourth-order valence-corrected chi connectivity index (χ4v) is 5.49. The first-order valence-electron chi connectivity index (χ1n) is 13.6. The molecule has 5 nitrogen and oxygen atoms in total. The van der Waals surface area contributed by atoms with E-state index in [2.05, 4.69) is 9.88 Å². The number of amides is 1. The minimum atomic E-state index is -5.05. The molecule has 2 aromatic carbocycles. The molecule has 2 unspecified atom stereocenters. The second-order valence-corrected chi connectivity index (χ2v) is 11.5. The lowest BCUT2D eigenvalue weighted by atomic mass is 9.92. The van der Waals surface area contributed by atoms with E-state index in [1.165, 1.54) is 4.90 Å². The van der Waals surface area contributed by atoms with Crippen molar-refractivity contribution in [2.24, 2.45) is 5.73 Å². The minimum absolute atomic E-state index is 0. The van der Waals surface area contributed by atoms with Gasteiger partial charge in [-0.3, -0.25) is 14.7 Å². The highest BCUT2D eigenvalue weighted by atomic mass is 35.5. The second-order valence-electron chi connectivity index (χ2n) is 11.5. The van der Waals surface area contributed by atoms with Crippen LogP contribution in [0.2, 0.25) is 0 Å². The first kappa shape index (κ1) is 40.5. The maximum Gasteiger partial charge on any atom is 0.416 e. The Balaban J connectivity index is 0.00000337. The van der Waals surface area contributed by atoms with Crippen LogP contribution < -0.4 is 5.73 Å². The molecule has 3 aromatic rings. The lowest BCUT2D eigenvalue weighted by Gasteiger charge is -2.44. The summed E-state index contributed by atoms with van der Waals surface area (Å²) in [6.07, 6.45) is -5.76. The van der Waals surface area contributed by atoms with Gasteiger partial charge in [0, 0.05) is 55.7 Å². The number of hydrogen-bond acceptors (Lipinski definition) is 4. The normalized spacial score (nSPS) is 16.9. The van der Waals surface area contributed by atoms with Gasteiger partial charge in [-0.15, -0.1) is 37.2 Å². The van der Waals surface area contributed by atoms with Crippen LogP contribution in [-0.4, -0.2) is 58.5 Å². The van der Waals surface area contributed by atoms with Gasteiger partial charge < -0.3 is 10.6 Å². The van der Waals surface area contributed by atoms with Crippen molar-refractivity contribution in [3.8, 4) is 0 Å². The molecule has 0 aliphatic carbocycles. The molecule has 0 saturated carbocycles. The lowest BCUT2D eigenvalue weighted by Crippen LogP contribution is -2.60. The number of hydrogen-bond donors (Lipinski definition) is 1. The van der Waals surface area contributed by atoms with Crippen LogP contribution in [-0.2, 0) is 25.2 Å². The average molecular weight is 702 g/mol. The number of aryl methyl sites for hydroxylation is 2. The van der Waals surface area contributed by atoms with Gasteiger partial charge in [0.1, 0.15) is 0 Å². The van der Waals surface area contributed by atoms with Gasteiger partial charge in [0.05, 0.1) is 11.1 Å². The summed E-state index contributed by atoms with van der Waals surface area (Å²) in [5.74, 6) is -0.869. The number of carbonyl (C=O) groups excluding carboxylic acids is 1. The van der Waals surface area contributed by atoms with Gasteiger partial charge in [0.25, 0.3) is 5.91 Å². The summed E-state index contributed by atoms with van der Waals surface area (Å²) in [6.45, 7) is 7.13. The molecular weight excluding hydrogens is 665 g/mol. The zero-order valence-corrected chi connectivity index (χ0v) is 27.4. The first-order valence-corrected chi connectivity index (χ1v) is 13.6. The number of nitrogens with two attached hydrogens (primary N) is 1. The van der Waals surface area contributed by atoms with E-state index in [4.69, 9.17) is 5.73 Å². The molecule has 2 N–H and O–H groups in total. The molecule has 1 aromatic heterocycles. The molecule has 2 heterocycles. The van der Waals surface area contributed by atoms with Crippen LogP contribution in [0.5, 0.6) is 0 Å². The molecule has 0 spiro atoms. The van der Waals surface area contributed by atoms with Crippen molar-refractivity contribution < 1.29 is 31.1 Å². The second kappa shape index (κ2) is 15.8. The molecule has 0 bridgehead atoms. The molecule has 250 valence electrons. The number of benzene rings is 2. The number of aromatic nitrogens is 1. The van der Waals surface area contributed by atoms with Crippen LogP contribution in [0.1, 0.15) is 50.7 Å². The van der Waals surface area contributed by atoms with Crippen LogP contribution in [0.15, 0.2) is 60.9 Å². The van der Waals surface area contributed by atoms with Crippen LogP contribution in [0.25, 0.3) is 0 Å². The predicted octanol–water partition coefficient (Wildman–Crippen LogP) is 7.33. The number of halogens is 9. The molecule has 1 saturated heterocycles. The van der Waals surface area contributed by atoms with Gasteiger partial charge >= 0.3 is 12.4 Å². The fourth-order valence-electron chi connectivity index (χ4n) is 5.49. The van der Waals surface area contributed by atoms with Crippen molar-refractivity contribution in [1.82, 2.24) is 14.8 Å². The molecule has 1 amide bonds. The number of nitrogens with zero attached hydrogens (tertiary/aromatic N) is 3. The van der Waals surface area contributed by atoms with Crippen LogP contribution in [0.4, 0.5) is 26.3 Å². The molecule has 1 aliphatic rings. The number of pyridine rings is 1. The molecule has 0 radical (unpaired) electrons. The summed E-state index contributed by atoms with van der Waals surface area (Å²) < 4.78 is 81.2. The topological polar surface area (TPSA) is 62.5 Å². The van der Waals surface area contributed by atoms with Crippen molar-refractivity contribution in [3.63, 3.8) is 0 Å². The van der Waals surface area contributed by atoms with Gasteiger partial charge in [0.15, 0.2) is 0 Å². The van der Waals surface area contributed by atoms with E-state index in [-0.39, 0.29) is 49.8 Å². The van der Waals surface area contributed by atoms with Gasteiger partial charge in [-0.1, -0.05) is 24.3 Å². The summed E-state index contributed by atoms with van der Waals surface area (Å²) in [6, 6.07) is 10.1. The molecule has 45 heavy (non-hydrogen) atoms. The van der Waals surface area contributed by atoms with E-state index >= 15 is 0 Å². The Morgan fingerprint density at radius 2 is 1.51 bits per heavy atom. The zero-order chi connectivity index (χ0) is 30.9. The highest BCUT2D eigenvalue weighted by Gasteiger charge is 2.39. The van der Waals surface area contributed by atoms with Gasteiger partial charge in [0.2, 0.25) is 0 Å². The van der Waals surface area contributed by atoms with E-state index in [1.54, 1.807) is 12.4 Å². The number of alkyl halides is 6. The Hall–Kier alpha value is -2.57. The predicted molar refractivity (Wildman–Crippen MR) is 170 cm³/mol. The van der Waals surface area contributed by atoms with Crippen molar-refractivity contribution in [3.05, 3.63) is 99.9 Å². The largest absolute Gasteiger partial charge is 0.416 e. The van der Waals surface area contributed by atoms with E-state index in [0.717, 1.165) is 22.3 Å². The third-order valence-corrected chi connectivity index (χ3v) is 7.62. The van der Waals surface area contributed by atoms with E-state index < -0.39 is 46.5 Å². The van der Waals surface area contributed by atoms with Crippen LogP contribution in [0, 0.1) is 13.8 Å². The quantitative estimate of drug-likeness (QED) is 0.262. The maximum atomic E-state index is 13.7. The van der Waals surface area contributed by atoms with E-state index in [0.29, 0.717) is 44.6 Å².